The summed E-state index contributed by atoms with van der Waals surface area (Å²) in [7, 11) is 2.86. The van der Waals surface area contributed by atoms with E-state index in [0.29, 0.717) is 11.3 Å². The summed E-state index contributed by atoms with van der Waals surface area (Å²) < 4.78 is 24.7. The number of ketones is 1. The highest BCUT2D eigenvalue weighted by molar-refractivity contribution is 6.07. The lowest BCUT2D eigenvalue weighted by molar-refractivity contribution is 0.104. The number of nitrogens with zero attached hydrogens (tertiary/aromatic N) is 1. The Bertz CT molecular complexity index is 863. The average molecular weight is 385 g/mol. The number of anilines is 1. The van der Waals surface area contributed by atoms with Crippen LogP contribution < -0.4 is 14.4 Å². The fraction of sp³-hybridized carbons (Fsp3) is 0.318. The number of allylic oxidation sites excluding steroid dienone is 1. The van der Waals surface area contributed by atoms with Crippen molar-refractivity contribution in [1.82, 2.24) is 0 Å². The van der Waals surface area contributed by atoms with E-state index in [0.717, 1.165) is 25.9 Å². The lowest BCUT2D eigenvalue weighted by Gasteiger charge is -2.29. The van der Waals surface area contributed by atoms with Crippen molar-refractivity contribution in [2.24, 2.45) is 0 Å². The third-order valence-corrected chi connectivity index (χ3v) is 4.86. The largest absolute Gasteiger partial charge is 0.502 e. The molecule has 0 unspecified atom stereocenters. The number of carbonyl (C=O) groups is 1. The van der Waals surface area contributed by atoms with Crippen LogP contribution >= 0.6 is 0 Å². The summed E-state index contributed by atoms with van der Waals surface area (Å²) in [6.45, 7) is 1.68. The van der Waals surface area contributed by atoms with Gasteiger partial charge < -0.3 is 19.5 Å². The van der Waals surface area contributed by atoms with Crippen molar-refractivity contribution < 1.29 is 23.8 Å². The number of rotatable bonds is 6. The Balaban J connectivity index is 1.78. The second kappa shape index (κ2) is 8.78. The predicted molar refractivity (Wildman–Crippen MR) is 107 cm³/mol. The van der Waals surface area contributed by atoms with E-state index in [1.54, 1.807) is 30.3 Å². The number of benzene rings is 2. The Morgan fingerprint density at radius 1 is 1.07 bits per heavy atom. The number of halogens is 1. The Morgan fingerprint density at radius 3 is 2.29 bits per heavy atom. The molecule has 0 saturated carbocycles. The minimum atomic E-state index is -0.380. The molecule has 0 radical (unpaired) electrons. The van der Waals surface area contributed by atoms with Gasteiger partial charge in [-0.1, -0.05) is 6.08 Å². The van der Waals surface area contributed by atoms with Crippen molar-refractivity contribution in [2.45, 2.75) is 19.3 Å². The number of ether oxygens (including phenoxy) is 2. The normalized spacial score (nSPS) is 14.3. The number of hydrogen-bond acceptors (Lipinski definition) is 5. The summed E-state index contributed by atoms with van der Waals surface area (Å²) in [6.07, 6.45) is 6.22. The molecule has 1 saturated heterocycles. The van der Waals surface area contributed by atoms with E-state index in [1.807, 2.05) is 4.90 Å². The van der Waals surface area contributed by atoms with Crippen LogP contribution in [0.2, 0.25) is 0 Å². The predicted octanol–water partition coefficient (Wildman–Crippen LogP) is 4.43. The van der Waals surface area contributed by atoms with Crippen molar-refractivity contribution in [3.8, 4) is 17.2 Å². The Morgan fingerprint density at radius 2 is 1.71 bits per heavy atom. The summed E-state index contributed by atoms with van der Waals surface area (Å²) in [6, 6.07) is 7.78. The molecule has 2 aromatic rings. The molecule has 2 aromatic carbocycles. The molecule has 3 rings (SSSR count). The number of hydrogen-bond donors (Lipinski definition) is 1. The second-order valence-corrected chi connectivity index (χ2v) is 6.69. The monoisotopic (exact) mass is 385 g/mol. The van der Waals surface area contributed by atoms with Crippen molar-refractivity contribution in [1.29, 1.82) is 0 Å². The lowest BCUT2D eigenvalue weighted by Crippen LogP contribution is -2.30. The Hall–Kier alpha value is -3.02. The van der Waals surface area contributed by atoms with Crippen LogP contribution in [0.25, 0.3) is 6.08 Å². The zero-order valence-electron chi connectivity index (χ0n) is 16.1. The van der Waals surface area contributed by atoms with E-state index in [9.17, 15) is 14.3 Å². The molecule has 0 amide bonds. The van der Waals surface area contributed by atoms with Crippen LogP contribution in [0.5, 0.6) is 17.2 Å². The highest BCUT2D eigenvalue weighted by atomic mass is 19.1. The first kappa shape index (κ1) is 19.7. The van der Waals surface area contributed by atoms with Gasteiger partial charge in [0.1, 0.15) is 5.82 Å². The Kier molecular flexibility index (Phi) is 6.19. The molecule has 1 aliphatic heterocycles. The first-order valence-electron chi connectivity index (χ1n) is 9.25. The highest BCUT2D eigenvalue weighted by Crippen LogP contribution is 2.37. The molecule has 1 fully saturated rings. The standard InChI is InChI=1S/C22H24FNO4/c1-27-20-12-15(13-21(28-2)22(20)26)6-9-19(25)16-7-8-18(17(23)14-16)24-10-4-3-5-11-24/h6-9,12-14,26H,3-5,10-11H2,1-2H3/b9-6+. The SMILES string of the molecule is COc1cc(/C=C/C(=O)c2ccc(N3CCCCC3)c(F)c2)cc(OC)c1O. The van der Waals surface area contributed by atoms with Crippen LogP contribution in [0.15, 0.2) is 36.4 Å². The van der Waals surface area contributed by atoms with E-state index in [1.165, 1.54) is 32.8 Å². The zero-order valence-corrected chi connectivity index (χ0v) is 16.1. The number of methoxy groups -OCH3 is 2. The van der Waals surface area contributed by atoms with Gasteiger partial charge in [-0.25, -0.2) is 4.39 Å². The summed E-state index contributed by atoms with van der Waals surface area (Å²) in [5.74, 6) is -0.320. The molecule has 0 aliphatic carbocycles. The number of aromatic hydroxyl groups is 1. The van der Waals surface area contributed by atoms with Crippen LogP contribution in [-0.4, -0.2) is 38.2 Å². The molecule has 148 valence electrons. The molecule has 5 nitrogen and oxygen atoms in total. The molecule has 0 bridgehead atoms. The summed E-state index contributed by atoms with van der Waals surface area (Å²) in [4.78, 5) is 14.5. The molecule has 28 heavy (non-hydrogen) atoms. The molecular formula is C22H24FNO4. The fourth-order valence-electron chi connectivity index (χ4n) is 3.33. The van der Waals surface area contributed by atoms with Crippen molar-refractivity contribution in [3.63, 3.8) is 0 Å². The van der Waals surface area contributed by atoms with E-state index < -0.39 is 0 Å². The maximum absolute atomic E-state index is 14.5. The summed E-state index contributed by atoms with van der Waals surface area (Å²) in [5, 5.41) is 9.95. The fourth-order valence-corrected chi connectivity index (χ4v) is 3.33. The zero-order chi connectivity index (χ0) is 20.1. The maximum atomic E-state index is 14.5. The topological polar surface area (TPSA) is 59.0 Å². The molecule has 1 N–H and O–H groups in total. The van der Waals surface area contributed by atoms with Crippen LogP contribution in [-0.2, 0) is 0 Å². The van der Waals surface area contributed by atoms with Gasteiger partial charge in [0, 0.05) is 18.7 Å². The minimum Gasteiger partial charge on any atom is -0.502 e. The second-order valence-electron chi connectivity index (χ2n) is 6.69. The van der Waals surface area contributed by atoms with Gasteiger partial charge in [-0.3, -0.25) is 4.79 Å². The number of carbonyl (C=O) groups excluding carboxylic acids is 1. The van der Waals surface area contributed by atoms with Gasteiger partial charge in [0.05, 0.1) is 19.9 Å². The maximum Gasteiger partial charge on any atom is 0.200 e. The number of piperidine rings is 1. The van der Waals surface area contributed by atoms with Crippen molar-refractivity contribution in [3.05, 3.63) is 53.4 Å². The van der Waals surface area contributed by atoms with Gasteiger partial charge in [0.2, 0.25) is 5.75 Å². The van der Waals surface area contributed by atoms with E-state index in [4.69, 9.17) is 9.47 Å². The molecule has 0 atom stereocenters. The van der Waals surface area contributed by atoms with E-state index in [2.05, 4.69) is 0 Å². The average Bonchev–Trinajstić information content (AvgIpc) is 2.73. The van der Waals surface area contributed by atoms with Gasteiger partial charge >= 0.3 is 0 Å². The molecule has 1 aliphatic rings. The van der Waals surface area contributed by atoms with E-state index in [-0.39, 0.29) is 34.4 Å². The van der Waals surface area contributed by atoms with Gasteiger partial charge in [0.25, 0.3) is 0 Å². The number of phenolic OH excluding ortho intramolecular Hbond substituents is 1. The van der Waals surface area contributed by atoms with Gasteiger partial charge in [-0.05, 0) is 61.2 Å². The van der Waals surface area contributed by atoms with E-state index >= 15 is 0 Å². The minimum absolute atomic E-state index is 0.108. The van der Waals surface area contributed by atoms with Crippen molar-refractivity contribution in [2.75, 3.05) is 32.2 Å². The van der Waals surface area contributed by atoms with Gasteiger partial charge in [0.15, 0.2) is 17.3 Å². The van der Waals surface area contributed by atoms with Crippen LogP contribution in [0.3, 0.4) is 0 Å². The van der Waals surface area contributed by atoms with Crippen LogP contribution in [0.1, 0.15) is 35.2 Å². The van der Waals surface area contributed by atoms with Gasteiger partial charge in [-0.2, -0.15) is 0 Å². The van der Waals surface area contributed by atoms with Crippen LogP contribution in [0, 0.1) is 5.82 Å². The van der Waals surface area contributed by atoms with Crippen molar-refractivity contribution >= 4 is 17.5 Å². The first-order chi connectivity index (χ1) is 13.5. The quantitative estimate of drug-likeness (QED) is 0.589. The third kappa shape index (κ3) is 4.27. The molecule has 0 spiro atoms. The van der Waals surface area contributed by atoms with Crippen LogP contribution in [0.4, 0.5) is 10.1 Å². The highest BCUT2D eigenvalue weighted by Gasteiger charge is 2.16. The lowest BCUT2D eigenvalue weighted by atomic mass is 10.1. The number of phenols is 1. The molecule has 0 aromatic heterocycles. The smallest absolute Gasteiger partial charge is 0.200 e. The third-order valence-electron chi connectivity index (χ3n) is 4.86. The molecule has 1 heterocycles. The summed E-state index contributed by atoms with van der Waals surface area (Å²) in [5.41, 5.74) is 1.45. The van der Waals surface area contributed by atoms with Gasteiger partial charge in [-0.15, -0.1) is 0 Å². The summed E-state index contributed by atoms with van der Waals surface area (Å²) >= 11 is 0. The molecular weight excluding hydrogens is 361 g/mol. The molecule has 6 heteroatoms. The first-order valence-corrected chi connectivity index (χ1v) is 9.25. The Labute approximate surface area is 164 Å².